The Labute approximate surface area is 232 Å². The van der Waals surface area contributed by atoms with Gasteiger partial charge in [0, 0.05) is 29.9 Å². The van der Waals surface area contributed by atoms with Crippen LogP contribution in [0, 0.1) is 23.1 Å². The number of nitrogens with one attached hydrogen (secondary N) is 2. The molecule has 4 aliphatic rings. The molecule has 0 spiro atoms. The topological polar surface area (TPSA) is 94.7 Å². The van der Waals surface area contributed by atoms with Crippen LogP contribution in [0.3, 0.4) is 0 Å². The molecule has 1 aliphatic carbocycles. The van der Waals surface area contributed by atoms with Crippen LogP contribution in [0.15, 0.2) is 48.8 Å². The first-order valence-corrected chi connectivity index (χ1v) is 13.8. The van der Waals surface area contributed by atoms with Crippen LogP contribution in [0.4, 0.5) is 15.8 Å². The van der Waals surface area contributed by atoms with Crippen LogP contribution in [0.2, 0.25) is 5.02 Å². The van der Waals surface area contributed by atoms with E-state index >= 15 is 0 Å². The predicted molar refractivity (Wildman–Crippen MR) is 148 cm³/mol. The van der Waals surface area contributed by atoms with Gasteiger partial charge in [-0.3, -0.25) is 4.98 Å². The fraction of sp³-hybridized carbons (Fsp3) is 0.379. The number of nitrogens with zero attached hydrogens (tertiary/aromatic N) is 6. The molecule has 39 heavy (non-hydrogen) atoms. The Morgan fingerprint density at radius 3 is 2.64 bits per heavy atom. The van der Waals surface area contributed by atoms with Gasteiger partial charge in [-0.25, -0.2) is 9.07 Å². The summed E-state index contributed by atoms with van der Waals surface area (Å²) in [5, 5.41) is 26.7. The molecule has 8 rings (SSSR count). The summed E-state index contributed by atoms with van der Waals surface area (Å²) in [6.45, 7) is 3.17. The molecule has 8 nitrogen and oxygen atoms in total. The highest BCUT2D eigenvalue weighted by atomic mass is 35.5. The van der Waals surface area contributed by atoms with Gasteiger partial charge >= 0.3 is 0 Å². The first-order chi connectivity index (χ1) is 19.4. The van der Waals surface area contributed by atoms with Crippen molar-refractivity contribution in [3.05, 3.63) is 76.5 Å². The van der Waals surface area contributed by atoms with E-state index in [0.717, 1.165) is 45.3 Å². The van der Waals surface area contributed by atoms with E-state index in [1.807, 2.05) is 6.07 Å². The molecule has 10 heteroatoms. The third kappa shape index (κ3) is 4.68. The van der Waals surface area contributed by atoms with Crippen molar-refractivity contribution in [2.24, 2.45) is 5.92 Å². The number of hydrogen-bond acceptors (Lipinski definition) is 7. The summed E-state index contributed by atoms with van der Waals surface area (Å²) in [4.78, 5) is 6.96. The van der Waals surface area contributed by atoms with Crippen molar-refractivity contribution in [1.29, 1.82) is 5.26 Å². The Kier molecular flexibility index (Phi) is 5.81. The van der Waals surface area contributed by atoms with Gasteiger partial charge in [0.05, 0.1) is 41.4 Å². The van der Waals surface area contributed by atoms with Gasteiger partial charge in [-0.15, -0.1) is 5.10 Å². The maximum absolute atomic E-state index is 13.8. The van der Waals surface area contributed by atoms with E-state index in [2.05, 4.69) is 36.9 Å². The molecule has 2 aromatic heterocycles. The molecule has 0 radical (unpaired) electrons. The normalized spacial score (nSPS) is 24.1. The largest absolute Gasteiger partial charge is 0.379 e. The Morgan fingerprint density at radius 2 is 1.95 bits per heavy atom. The van der Waals surface area contributed by atoms with E-state index in [9.17, 15) is 11.0 Å². The van der Waals surface area contributed by atoms with Crippen molar-refractivity contribution >= 4 is 33.9 Å². The molecule has 3 saturated heterocycles. The van der Waals surface area contributed by atoms with Gasteiger partial charge in [0.15, 0.2) is 0 Å². The van der Waals surface area contributed by atoms with Crippen LogP contribution in [0.25, 0.3) is 10.9 Å². The zero-order valence-corrected chi connectivity index (χ0v) is 22.0. The van der Waals surface area contributed by atoms with Crippen molar-refractivity contribution in [2.75, 3.05) is 30.3 Å². The molecule has 2 bridgehead atoms. The second-order valence-corrected chi connectivity index (χ2v) is 11.1. The molecule has 2 atom stereocenters. The van der Waals surface area contributed by atoms with E-state index in [4.69, 9.17) is 11.6 Å². The molecule has 4 aromatic rings. The van der Waals surface area contributed by atoms with E-state index in [-0.39, 0.29) is 11.9 Å². The fourth-order valence-corrected chi connectivity index (χ4v) is 6.11. The van der Waals surface area contributed by atoms with Crippen molar-refractivity contribution < 1.29 is 5.76 Å². The molecule has 5 heterocycles. The summed E-state index contributed by atoms with van der Waals surface area (Å²) in [5.74, 6) is 0.157. The Morgan fingerprint density at radius 1 is 1.15 bits per heavy atom. The minimum absolute atomic E-state index is 0.225. The lowest BCUT2D eigenvalue weighted by Crippen LogP contribution is -2.53. The van der Waals surface area contributed by atoms with Crippen LogP contribution >= 0.6 is 11.6 Å². The first-order valence-electron chi connectivity index (χ1n) is 13.9. The molecule has 4 fully saturated rings. The summed E-state index contributed by atoms with van der Waals surface area (Å²) >= 11 is 6.77. The molecule has 2 aromatic carbocycles. The van der Waals surface area contributed by atoms with Crippen molar-refractivity contribution in [3.8, 4) is 6.07 Å². The first kappa shape index (κ1) is 23.2. The number of hydrogen-bond donors (Lipinski definition) is 2. The SMILES string of the molecule is [2H]C(Nc1cc(Cl)c2ncc(C#N)c(NC3CN4CCC3CC4)c2c1)(c1ccc(F)cc1)c1cn(C2CC2)nn1. The van der Waals surface area contributed by atoms with E-state index in [0.29, 0.717) is 56.1 Å². The zero-order chi connectivity index (χ0) is 27.4. The van der Waals surface area contributed by atoms with E-state index in [1.165, 1.54) is 12.1 Å². The van der Waals surface area contributed by atoms with E-state index in [1.54, 1.807) is 35.3 Å². The average molecular weight is 544 g/mol. The van der Waals surface area contributed by atoms with Gasteiger partial charge in [-0.05, 0) is 74.5 Å². The van der Waals surface area contributed by atoms with Gasteiger partial charge in [0.25, 0.3) is 0 Å². The number of pyridine rings is 1. The third-order valence-electron chi connectivity index (χ3n) is 8.12. The number of halogens is 2. The maximum Gasteiger partial charge on any atom is 0.123 e. The van der Waals surface area contributed by atoms with Gasteiger partial charge in [-0.2, -0.15) is 5.26 Å². The highest BCUT2D eigenvalue weighted by Crippen LogP contribution is 2.38. The number of fused-ring (bicyclic) bond motifs is 4. The molecular weight excluding hydrogens is 515 g/mol. The molecular formula is C29H28ClFN8. The van der Waals surface area contributed by atoms with Gasteiger partial charge < -0.3 is 15.5 Å². The monoisotopic (exact) mass is 543 g/mol. The molecule has 1 saturated carbocycles. The van der Waals surface area contributed by atoms with Gasteiger partial charge in [0.2, 0.25) is 0 Å². The van der Waals surface area contributed by atoms with Crippen LogP contribution in [-0.4, -0.2) is 50.6 Å². The van der Waals surface area contributed by atoms with Crippen molar-refractivity contribution in [2.45, 2.75) is 43.8 Å². The molecule has 2 N–H and O–H groups in total. The van der Waals surface area contributed by atoms with Crippen molar-refractivity contribution in [1.82, 2.24) is 24.9 Å². The van der Waals surface area contributed by atoms with Crippen LogP contribution in [-0.2, 0) is 0 Å². The highest BCUT2D eigenvalue weighted by Gasteiger charge is 2.35. The number of anilines is 2. The van der Waals surface area contributed by atoms with E-state index < -0.39 is 6.02 Å². The highest BCUT2D eigenvalue weighted by molar-refractivity contribution is 6.35. The predicted octanol–water partition coefficient (Wildman–Crippen LogP) is 5.53. The lowest BCUT2D eigenvalue weighted by molar-refractivity contribution is 0.0976. The summed E-state index contributed by atoms with van der Waals surface area (Å²) in [6, 6.07) is 10.6. The number of nitriles is 1. The number of piperidine rings is 3. The number of aromatic nitrogens is 4. The maximum atomic E-state index is 13.8. The summed E-state index contributed by atoms with van der Waals surface area (Å²) in [6.07, 6.45) is 7.67. The molecule has 2 unspecified atom stereocenters. The Hall–Kier alpha value is -3.74. The smallest absolute Gasteiger partial charge is 0.123 e. The number of benzene rings is 2. The molecule has 198 valence electrons. The lowest BCUT2D eigenvalue weighted by Gasteiger charge is -2.45. The van der Waals surface area contributed by atoms with Crippen LogP contribution in [0.5, 0.6) is 0 Å². The summed E-state index contributed by atoms with van der Waals surface area (Å²) in [7, 11) is 0. The second-order valence-electron chi connectivity index (χ2n) is 10.7. The standard InChI is InChI=1S/C29H28ClFN8/c30-24-12-21(34-28(18-1-3-20(31)4-2-18)26-16-39(37-36-26)22-5-6-22)11-23-27(19(13-32)14-33-29(23)24)35-25-15-38-9-7-17(25)8-10-38/h1-4,11-12,14,16-17,22,25,28,34H,5-10,15H2,(H,33,35)/i28D. The number of rotatable bonds is 7. The zero-order valence-electron chi connectivity index (χ0n) is 22.2. The van der Waals surface area contributed by atoms with Crippen LogP contribution < -0.4 is 10.6 Å². The minimum Gasteiger partial charge on any atom is -0.379 e. The summed E-state index contributed by atoms with van der Waals surface area (Å²) < 4.78 is 25.2. The van der Waals surface area contributed by atoms with Gasteiger partial charge in [0.1, 0.15) is 17.6 Å². The quantitative estimate of drug-likeness (QED) is 0.316. The Balaban J connectivity index is 1.31. The average Bonchev–Trinajstić information content (AvgIpc) is 3.70. The minimum atomic E-state index is -1.58. The second kappa shape index (κ2) is 9.78. The van der Waals surface area contributed by atoms with Crippen LogP contribution in [0.1, 0.15) is 55.9 Å². The fourth-order valence-electron chi connectivity index (χ4n) is 5.84. The summed E-state index contributed by atoms with van der Waals surface area (Å²) in [5.41, 5.74) is 3.16. The Bertz CT molecular complexity index is 1620. The lowest BCUT2D eigenvalue weighted by atomic mass is 9.83. The third-order valence-corrected chi connectivity index (χ3v) is 8.41. The van der Waals surface area contributed by atoms with Crippen molar-refractivity contribution in [3.63, 3.8) is 0 Å². The van der Waals surface area contributed by atoms with Gasteiger partial charge in [-0.1, -0.05) is 28.9 Å². The molecule has 0 amide bonds. The molecule has 3 aliphatic heterocycles.